The summed E-state index contributed by atoms with van der Waals surface area (Å²) in [5, 5.41) is -1.90. The molecular formula is C11H6Br2F2O. The molecule has 16 heavy (non-hydrogen) atoms. The van der Waals surface area contributed by atoms with E-state index in [1.54, 1.807) is 12.1 Å². The molecule has 0 fully saturated rings. The Bertz CT molecular complexity index is 518. The van der Waals surface area contributed by atoms with Crippen LogP contribution in [-0.2, 0) is 0 Å². The average molecular weight is 352 g/mol. The highest BCUT2D eigenvalue weighted by Gasteiger charge is 2.27. The van der Waals surface area contributed by atoms with Gasteiger partial charge in [0.15, 0.2) is 0 Å². The van der Waals surface area contributed by atoms with Crippen LogP contribution in [0.25, 0.3) is 10.8 Å². The van der Waals surface area contributed by atoms with Gasteiger partial charge >= 0.3 is 5.02 Å². The van der Waals surface area contributed by atoms with Crippen molar-refractivity contribution < 1.29 is 13.5 Å². The van der Waals surface area contributed by atoms with Gasteiger partial charge in [-0.2, -0.15) is 8.78 Å². The Labute approximate surface area is 108 Å². The number of ether oxygens (including phenoxy) is 1. The van der Waals surface area contributed by atoms with Crippen molar-refractivity contribution in [2.45, 2.75) is 5.02 Å². The lowest BCUT2D eigenvalue weighted by atomic mass is 10.1. The lowest BCUT2D eigenvalue weighted by Crippen LogP contribution is -2.15. The van der Waals surface area contributed by atoms with Gasteiger partial charge in [-0.15, -0.1) is 0 Å². The summed E-state index contributed by atoms with van der Waals surface area (Å²) < 4.78 is 30.8. The zero-order chi connectivity index (χ0) is 11.8. The summed E-state index contributed by atoms with van der Waals surface area (Å²) in [7, 11) is 0. The number of rotatable bonds is 2. The van der Waals surface area contributed by atoms with E-state index < -0.39 is 5.02 Å². The molecule has 0 bridgehead atoms. The van der Waals surface area contributed by atoms with E-state index in [2.05, 4.69) is 36.6 Å². The monoisotopic (exact) mass is 350 g/mol. The van der Waals surface area contributed by atoms with Crippen LogP contribution < -0.4 is 4.74 Å². The van der Waals surface area contributed by atoms with Crippen LogP contribution in [0.15, 0.2) is 40.9 Å². The third kappa shape index (κ3) is 2.52. The largest absolute Gasteiger partial charge is 0.459 e. The van der Waals surface area contributed by atoms with Crippen LogP contribution in [0.2, 0.25) is 0 Å². The molecule has 0 unspecified atom stereocenters. The Morgan fingerprint density at radius 2 is 1.69 bits per heavy atom. The number of hydrogen-bond donors (Lipinski definition) is 0. The van der Waals surface area contributed by atoms with Crippen molar-refractivity contribution in [2.24, 2.45) is 0 Å². The summed E-state index contributed by atoms with van der Waals surface area (Å²) in [6, 6.07) is 10.5. The minimum Gasteiger partial charge on any atom is -0.423 e. The molecule has 1 nitrogen and oxygen atoms in total. The van der Waals surface area contributed by atoms with Crippen molar-refractivity contribution in [3.05, 3.63) is 40.9 Å². The molecule has 0 aliphatic carbocycles. The zero-order valence-electron chi connectivity index (χ0n) is 7.88. The quantitative estimate of drug-likeness (QED) is 0.697. The second-order valence-corrected chi connectivity index (χ2v) is 4.92. The first-order valence-corrected chi connectivity index (χ1v) is 5.99. The summed E-state index contributed by atoms with van der Waals surface area (Å²) in [6.07, 6.45) is 0. The molecule has 0 radical (unpaired) electrons. The molecular weight excluding hydrogens is 346 g/mol. The van der Waals surface area contributed by atoms with Gasteiger partial charge in [0, 0.05) is 25.8 Å². The van der Waals surface area contributed by atoms with Gasteiger partial charge in [0.1, 0.15) is 5.75 Å². The highest BCUT2D eigenvalue weighted by molar-refractivity contribution is 9.10. The predicted molar refractivity (Wildman–Crippen MR) is 66.2 cm³/mol. The predicted octanol–water partition coefficient (Wildman–Crippen LogP) is 4.93. The summed E-state index contributed by atoms with van der Waals surface area (Å²) in [6.45, 7) is 0. The van der Waals surface area contributed by atoms with Crippen molar-refractivity contribution >= 4 is 42.6 Å². The van der Waals surface area contributed by atoms with Gasteiger partial charge in [0.2, 0.25) is 0 Å². The third-order valence-corrected chi connectivity index (χ3v) is 2.86. The molecule has 0 saturated carbocycles. The molecule has 2 aromatic carbocycles. The second-order valence-electron chi connectivity index (χ2n) is 3.14. The fourth-order valence-corrected chi connectivity index (χ4v) is 2.22. The van der Waals surface area contributed by atoms with Crippen LogP contribution in [0.3, 0.4) is 0 Å². The van der Waals surface area contributed by atoms with Gasteiger partial charge < -0.3 is 4.74 Å². The SMILES string of the molecule is FC(F)(Br)Oc1cccc2cccc(Br)c12. The van der Waals surface area contributed by atoms with Gasteiger partial charge in [-0.1, -0.05) is 40.2 Å². The summed E-state index contributed by atoms with van der Waals surface area (Å²) in [5.41, 5.74) is 0. The number of halogens is 4. The van der Waals surface area contributed by atoms with E-state index in [1.807, 2.05) is 18.2 Å². The lowest BCUT2D eigenvalue weighted by Gasteiger charge is -2.13. The van der Waals surface area contributed by atoms with E-state index in [0.717, 1.165) is 9.86 Å². The molecule has 0 atom stereocenters. The molecule has 0 aliphatic rings. The molecule has 0 saturated heterocycles. The molecule has 2 rings (SSSR count). The van der Waals surface area contributed by atoms with Gasteiger partial charge in [-0.25, -0.2) is 0 Å². The molecule has 5 heteroatoms. The van der Waals surface area contributed by atoms with E-state index in [1.165, 1.54) is 6.07 Å². The number of fused-ring (bicyclic) bond motifs is 1. The summed E-state index contributed by atoms with van der Waals surface area (Å²) in [4.78, 5) is 0. The fraction of sp³-hybridized carbons (Fsp3) is 0.0909. The molecule has 0 amide bonds. The van der Waals surface area contributed by atoms with E-state index in [4.69, 9.17) is 0 Å². The Morgan fingerprint density at radius 3 is 2.31 bits per heavy atom. The Morgan fingerprint density at radius 1 is 1.06 bits per heavy atom. The second kappa shape index (κ2) is 4.30. The van der Waals surface area contributed by atoms with Crippen molar-refractivity contribution in [2.75, 3.05) is 0 Å². The zero-order valence-corrected chi connectivity index (χ0v) is 11.1. The standard InChI is InChI=1S/C11H6Br2F2O/c12-8-5-1-3-7-4-2-6-9(10(7)8)16-11(13,14)15/h1-6H. The number of alkyl halides is 3. The van der Waals surface area contributed by atoms with Crippen molar-refractivity contribution in [3.8, 4) is 5.75 Å². The Balaban J connectivity index is 2.61. The van der Waals surface area contributed by atoms with Gasteiger partial charge in [0.05, 0.1) is 0 Å². The van der Waals surface area contributed by atoms with E-state index >= 15 is 0 Å². The maximum atomic E-state index is 12.7. The molecule has 0 heterocycles. The van der Waals surface area contributed by atoms with Crippen LogP contribution in [0.5, 0.6) is 5.75 Å². The summed E-state index contributed by atoms with van der Waals surface area (Å²) >= 11 is 5.47. The normalized spacial score (nSPS) is 11.8. The molecule has 84 valence electrons. The minimum atomic E-state index is -3.36. The lowest BCUT2D eigenvalue weighted by molar-refractivity contribution is -0.0793. The first-order valence-electron chi connectivity index (χ1n) is 4.40. The Hall–Kier alpha value is -0.680. The highest BCUT2D eigenvalue weighted by atomic mass is 79.9. The number of benzene rings is 2. The summed E-state index contributed by atoms with van der Waals surface area (Å²) in [5.74, 6) is 0.131. The van der Waals surface area contributed by atoms with Crippen LogP contribution in [0, 0.1) is 0 Å². The van der Waals surface area contributed by atoms with Gasteiger partial charge in [-0.05, 0) is 17.5 Å². The fourth-order valence-electron chi connectivity index (χ4n) is 1.47. The third-order valence-electron chi connectivity index (χ3n) is 2.04. The van der Waals surface area contributed by atoms with E-state index in [9.17, 15) is 8.78 Å². The smallest absolute Gasteiger partial charge is 0.423 e. The first kappa shape index (κ1) is 11.8. The maximum Gasteiger partial charge on any atom is 0.459 e. The van der Waals surface area contributed by atoms with Crippen molar-refractivity contribution in [1.29, 1.82) is 0 Å². The Kier molecular flexibility index (Phi) is 3.17. The van der Waals surface area contributed by atoms with Crippen LogP contribution in [0.1, 0.15) is 0 Å². The molecule has 0 aromatic heterocycles. The van der Waals surface area contributed by atoms with Gasteiger partial charge in [0.25, 0.3) is 0 Å². The highest BCUT2D eigenvalue weighted by Crippen LogP contribution is 2.36. The van der Waals surface area contributed by atoms with Crippen LogP contribution in [0.4, 0.5) is 8.78 Å². The number of hydrogen-bond acceptors (Lipinski definition) is 1. The topological polar surface area (TPSA) is 9.23 Å². The minimum absolute atomic E-state index is 0.131. The van der Waals surface area contributed by atoms with Crippen molar-refractivity contribution in [1.82, 2.24) is 0 Å². The van der Waals surface area contributed by atoms with Crippen molar-refractivity contribution in [3.63, 3.8) is 0 Å². The average Bonchev–Trinajstić information content (AvgIpc) is 2.15. The maximum absolute atomic E-state index is 12.7. The molecule has 0 N–H and O–H groups in total. The molecule has 0 aliphatic heterocycles. The molecule has 2 aromatic rings. The van der Waals surface area contributed by atoms with E-state index in [0.29, 0.717) is 5.39 Å². The first-order chi connectivity index (χ1) is 7.47. The van der Waals surface area contributed by atoms with Crippen LogP contribution >= 0.6 is 31.9 Å². The molecule has 0 spiro atoms. The van der Waals surface area contributed by atoms with Crippen LogP contribution in [-0.4, -0.2) is 5.02 Å². The van der Waals surface area contributed by atoms with E-state index in [-0.39, 0.29) is 5.75 Å². The van der Waals surface area contributed by atoms with Gasteiger partial charge in [-0.3, -0.25) is 0 Å².